The molecule has 0 unspecified atom stereocenters. The summed E-state index contributed by atoms with van der Waals surface area (Å²) in [6, 6.07) is 0. The molecule has 1 aromatic heterocycles. The average molecular weight is 195 g/mol. The number of hydrogen-bond donors (Lipinski definition) is 0. The minimum atomic E-state index is -3.00. The van der Waals surface area contributed by atoms with E-state index >= 15 is 0 Å². The molecule has 0 saturated heterocycles. The lowest BCUT2D eigenvalue weighted by Gasteiger charge is -2.07. The van der Waals surface area contributed by atoms with E-state index in [4.69, 9.17) is 0 Å². The van der Waals surface area contributed by atoms with Gasteiger partial charge in [-0.25, -0.2) is 18.2 Å². The Kier molecular flexibility index (Phi) is 2.69. The molecule has 1 rings (SSSR count). The quantitative estimate of drug-likeness (QED) is 0.675. The fraction of sp³-hybridized carbons (Fsp3) is 0.286. The summed E-state index contributed by atoms with van der Waals surface area (Å²) in [5.74, 6) is -3.62. The highest BCUT2D eigenvalue weighted by Gasteiger charge is 2.21. The number of halogens is 4. The van der Waals surface area contributed by atoms with E-state index in [1.165, 1.54) is 0 Å². The van der Waals surface area contributed by atoms with E-state index in [2.05, 4.69) is 9.72 Å². The molecule has 72 valence electrons. The van der Waals surface area contributed by atoms with Crippen LogP contribution in [-0.2, 0) is 0 Å². The number of methoxy groups -OCH3 is 1. The first kappa shape index (κ1) is 9.76. The maximum atomic E-state index is 12.7. The molecule has 0 saturated carbocycles. The molecule has 0 fully saturated rings. The molecule has 1 heterocycles. The van der Waals surface area contributed by atoms with Crippen molar-refractivity contribution in [2.24, 2.45) is 0 Å². The first-order valence-electron chi connectivity index (χ1n) is 3.24. The highest BCUT2D eigenvalue weighted by molar-refractivity contribution is 5.30. The van der Waals surface area contributed by atoms with Gasteiger partial charge < -0.3 is 4.74 Å². The van der Waals surface area contributed by atoms with Crippen molar-refractivity contribution in [2.75, 3.05) is 7.11 Å². The molecule has 0 aromatic carbocycles. The summed E-state index contributed by atoms with van der Waals surface area (Å²) in [7, 11) is 0.964. The fourth-order valence-corrected chi connectivity index (χ4v) is 0.812. The van der Waals surface area contributed by atoms with Crippen LogP contribution in [0.15, 0.2) is 6.20 Å². The maximum absolute atomic E-state index is 12.7. The molecule has 0 atom stereocenters. The number of pyridine rings is 1. The van der Waals surface area contributed by atoms with Gasteiger partial charge in [0.1, 0.15) is 0 Å². The third-order valence-electron chi connectivity index (χ3n) is 1.37. The molecule has 0 bridgehead atoms. The van der Waals surface area contributed by atoms with Gasteiger partial charge in [-0.2, -0.15) is 4.39 Å². The van der Waals surface area contributed by atoms with Crippen molar-refractivity contribution < 1.29 is 22.3 Å². The Morgan fingerprint density at radius 2 is 2.00 bits per heavy atom. The molecular weight excluding hydrogens is 190 g/mol. The van der Waals surface area contributed by atoms with E-state index in [-0.39, 0.29) is 0 Å². The second-order valence-corrected chi connectivity index (χ2v) is 2.14. The molecule has 13 heavy (non-hydrogen) atoms. The van der Waals surface area contributed by atoms with Crippen molar-refractivity contribution in [1.82, 2.24) is 4.98 Å². The zero-order chi connectivity index (χ0) is 10.0. The number of aromatic nitrogens is 1. The van der Waals surface area contributed by atoms with E-state index in [1.807, 2.05) is 0 Å². The molecule has 1 aromatic rings. The fourth-order valence-electron chi connectivity index (χ4n) is 0.812. The van der Waals surface area contributed by atoms with Crippen molar-refractivity contribution in [3.63, 3.8) is 0 Å². The molecule has 0 aliphatic rings. The third-order valence-corrected chi connectivity index (χ3v) is 1.37. The first-order valence-corrected chi connectivity index (χ1v) is 3.24. The minimum Gasteiger partial charge on any atom is -0.492 e. The van der Waals surface area contributed by atoms with Gasteiger partial charge >= 0.3 is 0 Å². The molecule has 6 heteroatoms. The van der Waals surface area contributed by atoms with E-state index in [9.17, 15) is 17.6 Å². The van der Waals surface area contributed by atoms with Gasteiger partial charge in [-0.05, 0) is 0 Å². The van der Waals surface area contributed by atoms with Gasteiger partial charge in [0.15, 0.2) is 17.3 Å². The average Bonchev–Trinajstić information content (AvgIpc) is 2.09. The van der Waals surface area contributed by atoms with Crippen LogP contribution in [0.4, 0.5) is 17.6 Å². The highest BCUT2D eigenvalue weighted by Crippen LogP contribution is 2.29. The first-order chi connectivity index (χ1) is 6.07. The predicted octanol–water partition coefficient (Wildman–Crippen LogP) is 2.31. The van der Waals surface area contributed by atoms with Gasteiger partial charge in [0.2, 0.25) is 5.82 Å². The lowest BCUT2D eigenvalue weighted by molar-refractivity contribution is 0.139. The molecular formula is C7H5F4NO. The van der Waals surface area contributed by atoms with Crippen LogP contribution in [0.25, 0.3) is 0 Å². The Labute approximate surface area is 71.2 Å². The normalized spacial score (nSPS) is 10.6. The van der Waals surface area contributed by atoms with Crippen LogP contribution in [0.5, 0.6) is 5.75 Å². The van der Waals surface area contributed by atoms with Crippen molar-refractivity contribution in [3.8, 4) is 5.75 Å². The van der Waals surface area contributed by atoms with Crippen molar-refractivity contribution in [3.05, 3.63) is 23.5 Å². The van der Waals surface area contributed by atoms with Crippen LogP contribution in [-0.4, -0.2) is 12.1 Å². The molecule has 0 radical (unpaired) electrons. The summed E-state index contributed by atoms with van der Waals surface area (Å²) in [6.07, 6.45) is -2.61. The number of alkyl halides is 2. The summed E-state index contributed by atoms with van der Waals surface area (Å²) in [6.45, 7) is 0. The van der Waals surface area contributed by atoms with Crippen LogP contribution < -0.4 is 4.74 Å². The molecule has 0 aliphatic heterocycles. The smallest absolute Gasteiger partial charge is 0.284 e. The van der Waals surface area contributed by atoms with Gasteiger partial charge in [0.05, 0.1) is 13.3 Å². The van der Waals surface area contributed by atoms with Crippen LogP contribution in [0.1, 0.15) is 12.1 Å². The van der Waals surface area contributed by atoms with Crippen molar-refractivity contribution in [2.45, 2.75) is 6.43 Å². The largest absolute Gasteiger partial charge is 0.492 e. The lowest BCUT2D eigenvalue weighted by Crippen LogP contribution is -2.01. The second kappa shape index (κ2) is 3.59. The van der Waals surface area contributed by atoms with E-state index in [1.54, 1.807) is 0 Å². The molecule has 2 nitrogen and oxygen atoms in total. The van der Waals surface area contributed by atoms with E-state index < -0.39 is 29.5 Å². The van der Waals surface area contributed by atoms with E-state index in [0.717, 1.165) is 7.11 Å². The Morgan fingerprint density at radius 3 is 2.46 bits per heavy atom. The van der Waals surface area contributed by atoms with Crippen LogP contribution in [0.2, 0.25) is 0 Å². The molecule has 0 amide bonds. The second-order valence-electron chi connectivity index (χ2n) is 2.14. The SMILES string of the molecule is COc1c(C(F)F)ncc(F)c1F. The summed E-state index contributed by atoms with van der Waals surface area (Å²) in [5.41, 5.74) is -0.901. The predicted molar refractivity (Wildman–Crippen MR) is 35.7 cm³/mol. The third kappa shape index (κ3) is 1.71. The van der Waals surface area contributed by atoms with Crippen LogP contribution in [0.3, 0.4) is 0 Å². The topological polar surface area (TPSA) is 22.1 Å². The standard InChI is InChI=1S/C7H5F4NO/c1-13-6-4(9)3(8)2-12-5(6)7(10)11/h2,7H,1H3. The van der Waals surface area contributed by atoms with E-state index in [0.29, 0.717) is 6.20 Å². The number of rotatable bonds is 2. The number of hydrogen-bond acceptors (Lipinski definition) is 2. The molecule has 0 N–H and O–H groups in total. The lowest BCUT2D eigenvalue weighted by atomic mass is 10.3. The summed E-state index contributed by atoms with van der Waals surface area (Å²) in [4.78, 5) is 3.02. The summed E-state index contributed by atoms with van der Waals surface area (Å²) < 4.78 is 53.6. The van der Waals surface area contributed by atoms with Gasteiger partial charge in [-0.15, -0.1) is 0 Å². The highest BCUT2D eigenvalue weighted by atomic mass is 19.3. The monoisotopic (exact) mass is 195 g/mol. The van der Waals surface area contributed by atoms with Gasteiger partial charge in [-0.3, -0.25) is 0 Å². The zero-order valence-electron chi connectivity index (χ0n) is 6.52. The Hall–Kier alpha value is -1.33. The van der Waals surface area contributed by atoms with Crippen molar-refractivity contribution >= 4 is 0 Å². The van der Waals surface area contributed by atoms with Crippen LogP contribution >= 0.6 is 0 Å². The van der Waals surface area contributed by atoms with Gasteiger partial charge in [-0.1, -0.05) is 0 Å². The Balaban J connectivity index is 3.30. The van der Waals surface area contributed by atoms with Crippen molar-refractivity contribution in [1.29, 1.82) is 0 Å². The zero-order valence-corrected chi connectivity index (χ0v) is 6.52. The number of nitrogens with zero attached hydrogens (tertiary/aromatic N) is 1. The maximum Gasteiger partial charge on any atom is 0.284 e. The Morgan fingerprint density at radius 1 is 1.38 bits per heavy atom. The molecule has 0 spiro atoms. The molecule has 0 aliphatic carbocycles. The number of ether oxygens (including phenoxy) is 1. The van der Waals surface area contributed by atoms with Gasteiger partial charge in [0, 0.05) is 0 Å². The summed E-state index contributed by atoms with van der Waals surface area (Å²) >= 11 is 0. The Bertz CT molecular complexity index is 316. The minimum absolute atomic E-state index is 0.388. The van der Waals surface area contributed by atoms with Gasteiger partial charge in [0.25, 0.3) is 6.43 Å². The summed E-state index contributed by atoms with van der Waals surface area (Å²) in [5, 5.41) is 0. The van der Waals surface area contributed by atoms with Crippen LogP contribution in [0, 0.1) is 11.6 Å².